The highest BCUT2D eigenvalue weighted by atomic mass is 16.2. The van der Waals surface area contributed by atoms with Crippen LogP contribution in [0.4, 0.5) is 0 Å². The summed E-state index contributed by atoms with van der Waals surface area (Å²) in [7, 11) is 1.60. The molecular weight excluding hydrogens is 230 g/mol. The second-order valence-electron chi connectivity index (χ2n) is 5.35. The highest BCUT2D eigenvalue weighted by Gasteiger charge is 2.26. The van der Waals surface area contributed by atoms with Gasteiger partial charge in [-0.25, -0.2) is 0 Å². The lowest BCUT2D eigenvalue weighted by Gasteiger charge is -2.25. The Morgan fingerprint density at radius 1 is 1.39 bits per heavy atom. The number of likely N-dealkylation sites (N-methyl/N-ethyl adjacent to an activating group) is 1. The molecule has 0 spiro atoms. The molecule has 0 saturated carbocycles. The van der Waals surface area contributed by atoms with E-state index in [1.54, 1.807) is 7.05 Å². The predicted molar refractivity (Wildman–Crippen MR) is 71.0 cm³/mol. The standard InChI is InChI=1S/C13H25N3O2/c1-9(2)7-11(13(18)14-3)16-12(17)10-5-4-6-15-8-10/h9-11,15H,4-8H2,1-3H3,(H,14,18)(H,16,17)/t10-,11?/m0/s1. The van der Waals surface area contributed by atoms with E-state index in [0.717, 1.165) is 19.4 Å². The zero-order valence-electron chi connectivity index (χ0n) is 11.6. The van der Waals surface area contributed by atoms with Gasteiger partial charge in [0, 0.05) is 13.6 Å². The minimum Gasteiger partial charge on any atom is -0.357 e. The summed E-state index contributed by atoms with van der Waals surface area (Å²) in [6, 6.07) is -0.413. The lowest BCUT2D eigenvalue weighted by atomic mass is 9.97. The van der Waals surface area contributed by atoms with Crippen molar-refractivity contribution in [3.63, 3.8) is 0 Å². The molecule has 5 nitrogen and oxygen atoms in total. The summed E-state index contributed by atoms with van der Waals surface area (Å²) in [5.74, 6) is 0.257. The smallest absolute Gasteiger partial charge is 0.242 e. The Labute approximate surface area is 109 Å². The van der Waals surface area contributed by atoms with Gasteiger partial charge in [-0.2, -0.15) is 0 Å². The van der Waals surface area contributed by atoms with E-state index in [1.807, 2.05) is 13.8 Å². The summed E-state index contributed by atoms with van der Waals surface area (Å²) in [4.78, 5) is 23.8. The van der Waals surface area contributed by atoms with Crippen LogP contribution < -0.4 is 16.0 Å². The molecule has 0 aromatic heterocycles. The zero-order chi connectivity index (χ0) is 13.5. The topological polar surface area (TPSA) is 70.2 Å². The molecule has 1 saturated heterocycles. The maximum absolute atomic E-state index is 12.1. The quantitative estimate of drug-likeness (QED) is 0.660. The van der Waals surface area contributed by atoms with Gasteiger partial charge in [-0.05, 0) is 31.7 Å². The molecule has 104 valence electrons. The van der Waals surface area contributed by atoms with Crippen molar-refractivity contribution >= 4 is 11.8 Å². The third-order valence-corrected chi connectivity index (χ3v) is 3.25. The summed E-state index contributed by atoms with van der Waals surface area (Å²) in [5.41, 5.74) is 0. The van der Waals surface area contributed by atoms with E-state index in [2.05, 4.69) is 16.0 Å². The van der Waals surface area contributed by atoms with E-state index in [1.165, 1.54) is 0 Å². The molecule has 0 bridgehead atoms. The first-order chi connectivity index (χ1) is 8.54. The predicted octanol–water partition coefficient (Wildman–Crippen LogP) is 0.263. The number of hydrogen-bond acceptors (Lipinski definition) is 3. The molecule has 1 unspecified atom stereocenters. The van der Waals surface area contributed by atoms with Crippen molar-refractivity contribution in [3.8, 4) is 0 Å². The molecule has 18 heavy (non-hydrogen) atoms. The Hall–Kier alpha value is -1.10. The number of hydrogen-bond donors (Lipinski definition) is 3. The maximum atomic E-state index is 12.1. The van der Waals surface area contributed by atoms with Crippen molar-refractivity contribution in [2.45, 2.75) is 39.2 Å². The van der Waals surface area contributed by atoms with E-state index in [9.17, 15) is 9.59 Å². The third kappa shape index (κ3) is 4.64. The van der Waals surface area contributed by atoms with Crippen molar-refractivity contribution in [2.75, 3.05) is 20.1 Å². The van der Waals surface area contributed by atoms with Crippen LogP contribution in [0.1, 0.15) is 33.1 Å². The normalized spacial score (nSPS) is 21.4. The molecule has 0 aliphatic carbocycles. The van der Waals surface area contributed by atoms with Gasteiger partial charge in [0.05, 0.1) is 5.92 Å². The van der Waals surface area contributed by atoms with Crippen molar-refractivity contribution in [1.82, 2.24) is 16.0 Å². The molecule has 1 fully saturated rings. The van der Waals surface area contributed by atoms with Crippen molar-refractivity contribution in [3.05, 3.63) is 0 Å². The molecular formula is C13H25N3O2. The first-order valence-corrected chi connectivity index (χ1v) is 6.77. The Bertz CT molecular complexity index is 286. The van der Waals surface area contributed by atoms with E-state index in [0.29, 0.717) is 18.9 Å². The Morgan fingerprint density at radius 2 is 2.11 bits per heavy atom. The van der Waals surface area contributed by atoms with Crippen molar-refractivity contribution in [2.24, 2.45) is 11.8 Å². The fourth-order valence-electron chi connectivity index (χ4n) is 2.24. The second kappa shape index (κ2) is 7.36. The molecule has 1 heterocycles. The maximum Gasteiger partial charge on any atom is 0.242 e. The molecule has 2 amide bonds. The second-order valence-corrected chi connectivity index (χ2v) is 5.35. The van der Waals surface area contributed by atoms with Gasteiger partial charge in [0.15, 0.2) is 0 Å². The highest BCUT2D eigenvalue weighted by molar-refractivity contribution is 5.88. The molecule has 1 rings (SSSR count). The number of amides is 2. The van der Waals surface area contributed by atoms with Crippen LogP contribution in [-0.4, -0.2) is 38.0 Å². The fourth-order valence-corrected chi connectivity index (χ4v) is 2.24. The molecule has 2 atom stereocenters. The molecule has 0 aromatic rings. The fraction of sp³-hybridized carbons (Fsp3) is 0.846. The van der Waals surface area contributed by atoms with Crippen LogP contribution in [0.25, 0.3) is 0 Å². The monoisotopic (exact) mass is 255 g/mol. The summed E-state index contributed by atoms with van der Waals surface area (Å²) >= 11 is 0. The van der Waals surface area contributed by atoms with Gasteiger partial charge in [0.2, 0.25) is 11.8 Å². The van der Waals surface area contributed by atoms with Crippen LogP contribution in [0.3, 0.4) is 0 Å². The summed E-state index contributed by atoms with van der Waals surface area (Å²) in [6.45, 7) is 5.79. The van der Waals surface area contributed by atoms with E-state index in [-0.39, 0.29) is 17.7 Å². The molecule has 1 aliphatic heterocycles. The SMILES string of the molecule is CNC(=O)C(CC(C)C)NC(=O)[C@H]1CCCNC1. The Morgan fingerprint density at radius 3 is 2.61 bits per heavy atom. The summed E-state index contributed by atoms with van der Waals surface area (Å²) in [5, 5.41) is 8.70. The lowest BCUT2D eigenvalue weighted by Crippen LogP contribution is -2.50. The van der Waals surface area contributed by atoms with Gasteiger partial charge in [0.25, 0.3) is 0 Å². The molecule has 3 N–H and O–H groups in total. The average Bonchev–Trinajstić information content (AvgIpc) is 2.37. The number of piperidine rings is 1. The van der Waals surface area contributed by atoms with Gasteiger partial charge in [0.1, 0.15) is 6.04 Å². The first kappa shape index (κ1) is 15.0. The Kier molecular flexibility index (Phi) is 6.12. The van der Waals surface area contributed by atoms with Crippen LogP contribution in [0, 0.1) is 11.8 Å². The van der Waals surface area contributed by atoms with Gasteiger partial charge in [-0.1, -0.05) is 13.8 Å². The minimum atomic E-state index is -0.413. The van der Waals surface area contributed by atoms with Crippen molar-refractivity contribution < 1.29 is 9.59 Å². The first-order valence-electron chi connectivity index (χ1n) is 6.77. The van der Waals surface area contributed by atoms with Crippen LogP contribution in [0.15, 0.2) is 0 Å². The largest absolute Gasteiger partial charge is 0.357 e. The van der Waals surface area contributed by atoms with E-state index in [4.69, 9.17) is 0 Å². The van der Waals surface area contributed by atoms with Crippen LogP contribution >= 0.6 is 0 Å². The molecule has 0 radical (unpaired) electrons. The lowest BCUT2D eigenvalue weighted by molar-refractivity contribution is -0.131. The van der Waals surface area contributed by atoms with Crippen LogP contribution in [0.2, 0.25) is 0 Å². The van der Waals surface area contributed by atoms with E-state index >= 15 is 0 Å². The van der Waals surface area contributed by atoms with Gasteiger partial charge in [-0.15, -0.1) is 0 Å². The van der Waals surface area contributed by atoms with Crippen LogP contribution in [-0.2, 0) is 9.59 Å². The Balaban J connectivity index is 2.52. The number of rotatable bonds is 5. The number of carbonyl (C=O) groups is 2. The van der Waals surface area contributed by atoms with E-state index < -0.39 is 6.04 Å². The number of nitrogens with one attached hydrogen (secondary N) is 3. The third-order valence-electron chi connectivity index (χ3n) is 3.25. The average molecular weight is 255 g/mol. The molecule has 0 aromatic carbocycles. The molecule has 5 heteroatoms. The zero-order valence-corrected chi connectivity index (χ0v) is 11.6. The highest BCUT2D eigenvalue weighted by Crippen LogP contribution is 2.12. The van der Waals surface area contributed by atoms with Gasteiger partial charge in [-0.3, -0.25) is 9.59 Å². The number of carbonyl (C=O) groups excluding carboxylic acids is 2. The van der Waals surface area contributed by atoms with Crippen molar-refractivity contribution in [1.29, 1.82) is 0 Å². The summed E-state index contributed by atoms with van der Waals surface area (Å²) in [6.07, 6.45) is 2.60. The van der Waals surface area contributed by atoms with Gasteiger partial charge >= 0.3 is 0 Å². The summed E-state index contributed by atoms with van der Waals surface area (Å²) < 4.78 is 0. The molecule has 1 aliphatic rings. The van der Waals surface area contributed by atoms with Crippen LogP contribution in [0.5, 0.6) is 0 Å². The minimum absolute atomic E-state index is 0.00179. The van der Waals surface area contributed by atoms with Gasteiger partial charge < -0.3 is 16.0 Å².